The number of urea groups is 1. The Morgan fingerprint density at radius 2 is 1.73 bits per heavy atom. The van der Waals surface area contributed by atoms with Crippen LogP contribution in [0, 0.1) is 0 Å². The number of fused-ring (bicyclic) bond motifs is 1. The minimum absolute atomic E-state index is 0.154. The van der Waals surface area contributed by atoms with Crippen LogP contribution in [0.5, 0.6) is 0 Å². The van der Waals surface area contributed by atoms with E-state index < -0.39 is 5.54 Å². The number of hydrogen-bond acceptors (Lipinski definition) is 4. The molecule has 3 aromatic rings. The van der Waals surface area contributed by atoms with Crippen molar-refractivity contribution < 1.29 is 9.59 Å². The van der Waals surface area contributed by atoms with Crippen molar-refractivity contribution in [3.63, 3.8) is 0 Å². The summed E-state index contributed by atoms with van der Waals surface area (Å²) >= 11 is 0. The molecule has 0 unspecified atom stereocenters. The van der Waals surface area contributed by atoms with E-state index in [1.54, 1.807) is 17.0 Å². The molecular formula is C25H30N6O2. The first kappa shape index (κ1) is 22.5. The maximum Gasteiger partial charge on any atom is 0.319 e. The standard InChI is InChI=1S/C25H30N6O2/c1-25(2)21-19(22(29-28-21)27-23(32)18-13-9-6-10-14-18)15-31(25)24(33)26-20(16-30(3)4)17-11-7-5-8-12-17/h5-14,20H,15-16H2,1-4H3,(H,26,33)(H2,27,28,29,32)/t20-/m1/s1. The summed E-state index contributed by atoms with van der Waals surface area (Å²) in [5.74, 6) is 0.218. The molecule has 0 radical (unpaired) electrons. The van der Waals surface area contributed by atoms with Crippen LogP contribution in [0.1, 0.15) is 47.1 Å². The Hall–Kier alpha value is -3.65. The van der Waals surface area contributed by atoms with Gasteiger partial charge in [0.25, 0.3) is 5.91 Å². The molecule has 3 N–H and O–H groups in total. The Morgan fingerprint density at radius 1 is 1.09 bits per heavy atom. The number of hydrogen-bond donors (Lipinski definition) is 3. The molecule has 2 aromatic carbocycles. The van der Waals surface area contributed by atoms with Crippen LogP contribution in [-0.2, 0) is 12.1 Å². The number of likely N-dealkylation sites (N-methyl/N-ethyl adjacent to an activating group) is 1. The predicted molar refractivity (Wildman–Crippen MR) is 128 cm³/mol. The number of nitrogens with one attached hydrogen (secondary N) is 3. The topological polar surface area (TPSA) is 93.4 Å². The van der Waals surface area contributed by atoms with Gasteiger partial charge in [0, 0.05) is 17.7 Å². The summed E-state index contributed by atoms with van der Waals surface area (Å²) in [4.78, 5) is 29.9. The van der Waals surface area contributed by atoms with Gasteiger partial charge < -0.3 is 20.4 Å². The number of carbonyl (C=O) groups excluding carboxylic acids is 2. The largest absolute Gasteiger partial charge is 0.330 e. The molecule has 2 heterocycles. The summed E-state index contributed by atoms with van der Waals surface area (Å²) in [5, 5.41) is 13.4. The molecular weight excluding hydrogens is 416 g/mol. The van der Waals surface area contributed by atoms with E-state index in [1.807, 2.05) is 76.5 Å². The molecule has 33 heavy (non-hydrogen) atoms. The molecule has 0 saturated carbocycles. The van der Waals surface area contributed by atoms with Gasteiger partial charge in [-0.05, 0) is 45.6 Å². The Labute approximate surface area is 194 Å². The number of amides is 3. The summed E-state index contributed by atoms with van der Waals surface area (Å²) in [5.41, 5.74) is 2.64. The van der Waals surface area contributed by atoms with Gasteiger partial charge in [-0.3, -0.25) is 9.89 Å². The highest BCUT2D eigenvalue weighted by Gasteiger charge is 2.44. The second-order valence-electron chi connectivity index (χ2n) is 9.07. The van der Waals surface area contributed by atoms with E-state index in [0.29, 0.717) is 24.5 Å². The fourth-order valence-corrected chi connectivity index (χ4v) is 4.23. The van der Waals surface area contributed by atoms with E-state index in [9.17, 15) is 9.59 Å². The Balaban J connectivity index is 1.52. The second kappa shape index (κ2) is 9.07. The molecule has 172 valence electrons. The van der Waals surface area contributed by atoms with Gasteiger partial charge in [0.05, 0.1) is 23.8 Å². The molecule has 0 saturated heterocycles. The summed E-state index contributed by atoms with van der Waals surface area (Å²) in [7, 11) is 3.97. The highest BCUT2D eigenvalue weighted by Crippen LogP contribution is 2.40. The van der Waals surface area contributed by atoms with Crippen molar-refractivity contribution in [2.75, 3.05) is 26.0 Å². The van der Waals surface area contributed by atoms with Crippen LogP contribution in [-0.4, -0.2) is 52.6 Å². The van der Waals surface area contributed by atoms with Crippen molar-refractivity contribution in [2.24, 2.45) is 0 Å². The zero-order chi connectivity index (χ0) is 23.6. The van der Waals surface area contributed by atoms with Crippen molar-refractivity contribution in [3.8, 4) is 0 Å². The zero-order valence-corrected chi connectivity index (χ0v) is 19.4. The van der Waals surface area contributed by atoms with Crippen LogP contribution in [0.2, 0.25) is 0 Å². The minimum Gasteiger partial charge on any atom is -0.330 e. The van der Waals surface area contributed by atoms with Gasteiger partial charge in [0.15, 0.2) is 5.82 Å². The highest BCUT2D eigenvalue weighted by atomic mass is 16.2. The van der Waals surface area contributed by atoms with Crippen molar-refractivity contribution in [3.05, 3.63) is 83.0 Å². The number of aromatic nitrogens is 2. The van der Waals surface area contributed by atoms with E-state index in [0.717, 1.165) is 16.8 Å². The van der Waals surface area contributed by atoms with Gasteiger partial charge in [0.2, 0.25) is 0 Å². The lowest BCUT2D eigenvalue weighted by atomic mass is 10.0. The van der Waals surface area contributed by atoms with Crippen LogP contribution >= 0.6 is 0 Å². The van der Waals surface area contributed by atoms with E-state index in [2.05, 4.69) is 25.7 Å². The number of nitrogens with zero attached hydrogens (tertiary/aromatic N) is 3. The van der Waals surface area contributed by atoms with E-state index in [-0.39, 0.29) is 18.0 Å². The second-order valence-corrected chi connectivity index (χ2v) is 9.07. The fraction of sp³-hybridized carbons (Fsp3) is 0.320. The smallest absolute Gasteiger partial charge is 0.319 e. The van der Waals surface area contributed by atoms with Crippen LogP contribution in [0.4, 0.5) is 10.6 Å². The molecule has 8 nitrogen and oxygen atoms in total. The first-order valence-corrected chi connectivity index (χ1v) is 11.0. The maximum atomic E-state index is 13.4. The van der Waals surface area contributed by atoms with Crippen LogP contribution < -0.4 is 10.6 Å². The van der Waals surface area contributed by atoms with Gasteiger partial charge in [0.1, 0.15) is 0 Å². The molecule has 1 aliphatic rings. The lowest BCUT2D eigenvalue weighted by Gasteiger charge is -2.34. The molecule has 0 fully saturated rings. The average Bonchev–Trinajstić information content (AvgIpc) is 3.32. The summed E-state index contributed by atoms with van der Waals surface area (Å²) in [6, 6.07) is 18.6. The van der Waals surface area contributed by atoms with Crippen LogP contribution in [0.15, 0.2) is 60.7 Å². The molecule has 1 atom stereocenters. The monoisotopic (exact) mass is 446 g/mol. The van der Waals surface area contributed by atoms with Crippen molar-refractivity contribution in [1.29, 1.82) is 0 Å². The summed E-state index contributed by atoms with van der Waals surface area (Å²) < 4.78 is 0. The minimum atomic E-state index is -0.610. The number of carbonyl (C=O) groups is 2. The number of benzene rings is 2. The number of anilines is 1. The maximum absolute atomic E-state index is 13.4. The van der Waals surface area contributed by atoms with Crippen LogP contribution in [0.3, 0.4) is 0 Å². The third-order valence-corrected chi connectivity index (χ3v) is 6.03. The Bertz CT molecular complexity index is 1120. The third-order valence-electron chi connectivity index (χ3n) is 6.03. The molecule has 0 spiro atoms. The number of rotatable bonds is 6. The SMILES string of the molecule is CN(C)C[C@@H](NC(=O)N1Cc2c(NC(=O)c3ccccc3)n[nH]c2C1(C)C)c1ccccc1. The van der Waals surface area contributed by atoms with Gasteiger partial charge in [-0.15, -0.1) is 0 Å². The predicted octanol–water partition coefficient (Wildman–Crippen LogP) is 3.73. The Kier molecular flexibility index (Phi) is 6.20. The van der Waals surface area contributed by atoms with Gasteiger partial charge in [-0.1, -0.05) is 48.5 Å². The number of aromatic amines is 1. The van der Waals surface area contributed by atoms with Crippen molar-refractivity contribution >= 4 is 17.8 Å². The lowest BCUT2D eigenvalue weighted by Crippen LogP contribution is -2.48. The Morgan fingerprint density at radius 3 is 2.36 bits per heavy atom. The van der Waals surface area contributed by atoms with Crippen LogP contribution in [0.25, 0.3) is 0 Å². The quantitative estimate of drug-likeness (QED) is 0.538. The number of H-pyrrole nitrogens is 1. The first-order valence-electron chi connectivity index (χ1n) is 11.0. The highest BCUT2D eigenvalue weighted by molar-refractivity contribution is 6.04. The molecule has 8 heteroatoms. The van der Waals surface area contributed by atoms with Gasteiger partial charge in [-0.2, -0.15) is 5.10 Å². The van der Waals surface area contributed by atoms with Crippen molar-refractivity contribution in [2.45, 2.75) is 32.0 Å². The molecule has 4 rings (SSSR count). The molecule has 3 amide bonds. The molecule has 0 bridgehead atoms. The van der Waals surface area contributed by atoms with Gasteiger partial charge >= 0.3 is 6.03 Å². The van der Waals surface area contributed by atoms with E-state index >= 15 is 0 Å². The third kappa shape index (κ3) is 4.61. The average molecular weight is 447 g/mol. The van der Waals surface area contributed by atoms with Crippen molar-refractivity contribution in [1.82, 2.24) is 25.3 Å². The molecule has 1 aliphatic heterocycles. The van der Waals surface area contributed by atoms with E-state index in [1.165, 1.54) is 0 Å². The normalized spacial score (nSPS) is 15.2. The zero-order valence-electron chi connectivity index (χ0n) is 19.4. The lowest BCUT2D eigenvalue weighted by molar-refractivity contribution is 0.102. The van der Waals surface area contributed by atoms with Gasteiger partial charge in [-0.25, -0.2) is 4.79 Å². The fourth-order valence-electron chi connectivity index (χ4n) is 4.23. The van der Waals surface area contributed by atoms with E-state index in [4.69, 9.17) is 0 Å². The first-order chi connectivity index (χ1) is 15.8. The summed E-state index contributed by atoms with van der Waals surface area (Å²) in [6.07, 6.45) is 0. The molecule has 0 aliphatic carbocycles. The molecule has 1 aromatic heterocycles. The summed E-state index contributed by atoms with van der Waals surface area (Å²) in [6.45, 7) is 4.97.